The van der Waals surface area contributed by atoms with Crippen molar-refractivity contribution >= 4 is 29.3 Å². The molecule has 2 aromatic carbocycles. The second-order valence-electron chi connectivity index (χ2n) is 9.85. The highest BCUT2D eigenvalue weighted by Crippen LogP contribution is 2.30. The minimum Gasteiger partial charge on any atom is -0.444 e. The molecule has 11 heteroatoms. The van der Waals surface area contributed by atoms with E-state index >= 15 is 0 Å². The van der Waals surface area contributed by atoms with Crippen molar-refractivity contribution in [3.05, 3.63) is 65.7 Å². The number of rotatable bonds is 7. The molecule has 1 unspecified atom stereocenters. The van der Waals surface area contributed by atoms with Crippen LogP contribution in [0.15, 0.2) is 59.6 Å². The Morgan fingerprint density at radius 3 is 2.32 bits per heavy atom. The number of fused-ring (bicyclic) bond motifs is 1. The first-order valence-electron chi connectivity index (χ1n) is 12.2. The van der Waals surface area contributed by atoms with Gasteiger partial charge in [-0.05, 0) is 40.2 Å². The zero-order valence-corrected chi connectivity index (χ0v) is 21.6. The van der Waals surface area contributed by atoms with Crippen molar-refractivity contribution < 1.29 is 32.3 Å². The highest BCUT2D eigenvalue weighted by molar-refractivity contribution is 6.20. The van der Waals surface area contributed by atoms with Gasteiger partial charge in [-0.3, -0.25) is 9.59 Å². The van der Waals surface area contributed by atoms with Crippen LogP contribution < -0.4 is 15.5 Å². The average molecular weight is 533 g/mol. The maximum absolute atomic E-state index is 13.6. The molecule has 1 aliphatic rings. The lowest BCUT2D eigenvalue weighted by molar-refractivity contribution is -0.135. The first-order valence-corrected chi connectivity index (χ1v) is 12.2. The van der Waals surface area contributed by atoms with Gasteiger partial charge in [0.1, 0.15) is 11.6 Å². The third-order valence-corrected chi connectivity index (χ3v) is 5.50. The Morgan fingerprint density at radius 2 is 1.68 bits per heavy atom. The maximum atomic E-state index is 13.6. The van der Waals surface area contributed by atoms with Gasteiger partial charge in [-0.1, -0.05) is 48.5 Å². The van der Waals surface area contributed by atoms with Gasteiger partial charge in [0.2, 0.25) is 12.1 Å². The summed E-state index contributed by atoms with van der Waals surface area (Å²) >= 11 is 0. The normalized spacial score (nSPS) is 16.6. The molecular formula is C27H31F3N4O4. The summed E-state index contributed by atoms with van der Waals surface area (Å²) in [5.74, 6) is -1.41. The van der Waals surface area contributed by atoms with Crippen molar-refractivity contribution in [1.29, 1.82) is 0 Å². The lowest BCUT2D eigenvalue weighted by atomic mass is 10.00. The summed E-state index contributed by atoms with van der Waals surface area (Å²) in [5, 5.41) is 4.94. The van der Waals surface area contributed by atoms with Crippen molar-refractivity contribution in [2.45, 2.75) is 64.5 Å². The molecule has 3 amide bonds. The van der Waals surface area contributed by atoms with Gasteiger partial charge in [0.15, 0.2) is 0 Å². The summed E-state index contributed by atoms with van der Waals surface area (Å²) in [6.45, 7) is 6.20. The number of benzene rings is 2. The lowest BCUT2D eigenvalue weighted by Crippen LogP contribution is -2.53. The molecule has 0 fully saturated rings. The van der Waals surface area contributed by atoms with Crippen LogP contribution in [0.5, 0.6) is 0 Å². The number of amides is 3. The van der Waals surface area contributed by atoms with Crippen molar-refractivity contribution in [2.75, 3.05) is 11.4 Å². The van der Waals surface area contributed by atoms with E-state index in [9.17, 15) is 27.6 Å². The molecule has 0 saturated carbocycles. The number of nitrogens with one attached hydrogen (secondary N) is 2. The first kappa shape index (κ1) is 28.7. The highest BCUT2D eigenvalue weighted by Gasteiger charge is 2.35. The predicted octanol–water partition coefficient (Wildman–Crippen LogP) is 4.57. The van der Waals surface area contributed by atoms with Crippen molar-refractivity contribution in [3.8, 4) is 0 Å². The number of aliphatic imine (C=N–C) groups is 1. The van der Waals surface area contributed by atoms with Crippen LogP contribution in [0.3, 0.4) is 0 Å². The van der Waals surface area contributed by atoms with E-state index in [1.807, 2.05) is 6.07 Å². The van der Waals surface area contributed by atoms with Crippen LogP contribution in [0.1, 0.15) is 51.7 Å². The molecule has 2 N–H and O–H groups in total. The molecule has 3 rings (SSSR count). The predicted molar refractivity (Wildman–Crippen MR) is 137 cm³/mol. The summed E-state index contributed by atoms with van der Waals surface area (Å²) in [7, 11) is 0. The number of ether oxygens (including phenoxy) is 1. The second kappa shape index (κ2) is 11.7. The Morgan fingerprint density at radius 1 is 1.05 bits per heavy atom. The number of hydrogen-bond donors (Lipinski definition) is 2. The molecule has 0 bridgehead atoms. The number of nitrogens with zero attached hydrogens (tertiary/aromatic N) is 2. The SMILES string of the molecule is C[C@H](NC(=O)OC(C)(C)C)C(=O)NC1N=C(c2ccccc2)c2ccccc2N(CCCC(F)(F)F)C1=O. The Bertz CT molecular complexity index is 1190. The third-order valence-electron chi connectivity index (χ3n) is 5.50. The van der Waals surface area contributed by atoms with Gasteiger partial charge in [0, 0.05) is 24.1 Å². The molecule has 0 saturated heterocycles. The van der Waals surface area contributed by atoms with Crippen LogP contribution in [-0.4, -0.2) is 54.1 Å². The molecule has 0 radical (unpaired) electrons. The van der Waals surface area contributed by atoms with Gasteiger partial charge in [-0.2, -0.15) is 13.2 Å². The summed E-state index contributed by atoms with van der Waals surface area (Å²) in [4.78, 5) is 44.5. The van der Waals surface area contributed by atoms with Crippen LogP contribution in [0, 0.1) is 0 Å². The van der Waals surface area contributed by atoms with E-state index in [1.54, 1.807) is 69.3 Å². The lowest BCUT2D eigenvalue weighted by Gasteiger charge is -2.26. The Kier molecular flexibility index (Phi) is 8.80. The van der Waals surface area contributed by atoms with E-state index in [0.717, 1.165) is 0 Å². The molecule has 1 heterocycles. The Labute approximate surface area is 219 Å². The molecule has 0 spiro atoms. The monoisotopic (exact) mass is 532 g/mol. The van der Waals surface area contributed by atoms with Gasteiger partial charge < -0.3 is 20.3 Å². The fraction of sp³-hybridized carbons (Fsp3) is 0.407. The summed E-state index contributed by atoms with van der Waals surface area (Å²) in [5.41, 5.74) is 1.19. The van der Waals surface area contributed by atoms with Crippen molar-refractivity contribution in [1.82, 2.24) is 10.6 Å². The van der Waals surface area contributed by atoms with Crippen LogP contribution >= 0.6 is 0 Å². The van der Waals surface area contributed by atoms with E-state index in [-0.39, 0.29) is 13.0 Å². The summed E-state index contributed by atoms with van der Waals surface area (Å²) < 4.78 is 43.8. The standard InChI is InChI=1S/C27H31F3N4O4/c1-17(31-25(37)38-26(2,3)4)23(35)33-22-24(36)34(16-10-15-27(28,29)30)20-14-9-8-13-19(20)21(32-22)18-11-6-5-7-12-18/h5-9,11-14,17,22H,10,15-16H2,1-4H3,(H,31,37)(H,33,35)/t17-,22?/m0/s1. The molecular weight excluding hydrogens is 501 g/mol. The number of para-hydroxylation sites is 1. The van der Waals surface area contributed by atoms with Gasteiger partial charge in [-0.15, -0.1) is 0 Å². The van der Waals surface area contributed by atoms with Crippen molar-refractivity contribution in [3.63, 3.8) is 0 Å². The largest absolute Gasteiger partial charge is 0.444 e. The van der Waals surface area contributed by atoms with Gasteiger partial charge in [-0.25, -0.2) is 9.79 Å². The topological polar surface area (TPSA) is 100 Å². The van der Waals surface area contributed by atoms with Crippen LogP contribution in [0.4, 0.5) is 23.7 Å². The van der Waals surface area contributed by atoms with E-state index < -0.39 is 48.3 Å². The maximum Gasteiger partial charge on any atom is 0.408 e. The van der Waals surface area contributed by atoms with Gasteiger partial charge in [0.25, 0.3) is 5.91 Å². The van der Waals surface area contributed by atoms with E-state index in [4.69, 9.17) is 4.74 Å². The minimum atomic E-state index is -4.38. The molecule has 8 nitrogen and oxygen atoms in total. The van der Waals surface area contributed by atoms with E-state index in [1.165, 1.54) is 11.8 Å². The third kappa shape index (κ3) is 7.80. The number of carbonyl (C=O) groups excluding carboxylic acids is 3. The Hall–Kier alpha value is -3.89. The van der Waals surface area contributed by atoms with Crippen LogP contribution in [0.25, 0.3) is 0 Å². The van der Waals surface area contributed by atoms with Gasteiger partial charge in [0.05, 0.1) is 11.4 Å². The number of carbonyl (C=O) groups is 3. The average Bonchev–Trinajstić information content (AvgIpc) is 2.93. The first-order chi connectivity index (χ1) is 17.7. The Balaban J connectivity index is 1.94. The molecule has 0 aliphatic carbocycles. The zero-order chi connectivity index (χ0) is 28.1. The van der Waals surface area contributed by atoms with Crippen LogP contribution in [-0.2, 0) is 14.3 Å². The number of hydrogen-bond acceptors (Lipinski definition) is 5. The number of benzodiazepines with no additional fused rings is 1. The smallest absolute Gasteiger partial charge is 0.408 e. The summed E-state index contributed by atoms with van der Waals surface area (Å²) in [6.07, 6.45) is -8.04. The molecule has 204 valence electrons. The molecule has 38 heavy (non-hydrogen) atoms. The van der Waals surface area contributed by atoms with E-state index in [0.29, 0.717) is 22.5 Å². The number of halogens is 3. The quantitative estimate of drug-likeness (QED) is 0.546. The zero-order valence-electron chi connectivity index (χ0n) is 21.6. The highest BCUT2D eigenvalue weighted by atomic mass is 19.4. The second-order valence-corrected chi connectivity index (χ2v) is 9.85. The fourth-order valence-corrected chi connectivity index (χ4v) is 3.83. The summed E-state index contributed by atoms with van der Waals surface area (Å²) in [6, 6.07) is 14.6. The number of alkyl halides is 3. The molecule has 2 atom stereocenters. The fourth-order valence-electron chi connectivity index (χ4n) is 3.83. The van der Waals surface area contributed by atoms with E-state index in [2.05, 4.69) is 15.6 Å². The number of alkyl carbamates (subject to hydrolysis) is 1. The molecule has 0 aromatic heterocycles. The molecule has 2 aromatic rings. The van der Waals surface area contributed by atoms with Crippen LogP contribution in [0.2, 0.25) is 0 Å². The minimum absolute atomic E-state index is 0.231. The molecule has 1 aliphatic heterocycles. The van der Waals surface area contributed by atoms with Gasteiger partial charge >= 0.3 is 12.3 Å². The van der Waals surface area contributed by atoms with Crippen molar-refractivity contribution in [2.24, 2.45) is 4.99 Å². The number of anilines is 1.